The summed E-state index contributed by atoms with van der Waals surface area (Å²) in [6.07, 6.45) is 9.28. The smallest absolute Gasteiger partial charge is 0.151 e. The highest BCUT2D eigenvalue weighted by Crippen LogP contribution is 2.10. The van der Waals surface area contributed by atoms with E-state index in [-0.39, 0.29) is 16.7 Å². The summed E-state index contributed by atoms with van der Waals surface area (Å²) in [6.45, 7) is 2.20. The van der Waals surface area contributed by atoms with Gasteiger partial charge in [0.2, 0.25) is 0 Å². The van der Waals surface area contributed by atoms with Gasteiger partial charge in [-0.15, -0.1) is 0 Å². The Morgan fingerprint density at radius 3 is 2.05 bits per heavy atom. The molecule has 0 atom stereocenters. The van der Waals surface area contributed by atoms with E-state index in [1.54, 1.807) is 0 Å². The molecular formula is C13H28N2O2S2. The number of hydrogen-bond acceptors (Lipinski definition) is 4. The van der Waals surface area contributed by atoms with Gasteiger partial charge in [-0.3, -0.25) is 5.41 Å². The molecule has 0 aliphatic rings. The van der Waals surface area contributed by atoms with Gasteiger partial charge in [-0.05, 0) is 6.42 Å². The number of sulfone groups is 1. The van der Waals surface area contributed by atoms with Crippen molar-refractivity contribution in [2.24, 2.45) is 5.73 Å². The molecule has 0 aromatic carbocycles. The van der Waals surface area contributed by atoms with Crippen molar-refractivity contribution in [2.45, 2.75) is 58.3 Å². The molecule has 4 nitrogen and oxygen atoms in total. The molecule has 0 saturated carbocycles. The normalized spacial score (nSPS) is 11.6. The quantitative estimate of drug-likeness (QED) is 0.329. The molecule has 0 fully saturated rings. The van der Waals surface area contributed by atoms with Gasteiger partial charge in [0.25, 0.3) is 0 Å². The average molecular weight is 309 g/mol. The van der Waals surface area contributed by atoms with Crippen LogP contribution in [0.25, 0.3) is 0 Å². The summed E-state index contributed by atoms with van der Waals surface area (Å²) in [5.74, 6) is 0.808. The van der Waals surface area contributed by atoms with Crippen LogP contribution in [0.4, 0.5) is 0 Å². The largest absolute Gasteiger partial charge is 0.379 e. The second-order valence-electron chi connectivity index (χ2n) is 4.84. The second-order valence-corrected chi connectivity index (χ2v) is 8.28. The lowest BCUT2D eigenvalue weighted by Gasteiger charge is -2.04. The van der Waals surface area contributed by atoms with Crippen molar-refractivity contribution in [1.29, 1.82) is 5.41 Å². The Labute approximate surface area is 122 Å². The summed E-state index contributed by atoms with van der Waals surface area (Å²) in [7, 11) is -2.95. The molecule has 0 unspecified atom stereocenters. The summed E-state index contributed by atoms with van der Waals surface area (Å²) in [4.78, 5) is 0. The van der Waals surface area contributed by atoms with Crippen LogP contribution < -0.4 is 5.73 Å². The minimum Gasteiger partial charge on any atom is -0.379 e. The van der Waals surface area contributed by atoms with E-state index in [1.165, 1.54) is 32.1 Å². The van der Waals surface area contributed by atoms with Crippen LogP contribution in [0.2, 0.25) is 0 Å². The molecule has 0 heterocycles. The van der Waals surface area contributed by atoms with Gasteiger partial charge in [0.15, 0.2) is 15.0 Å². The zero-order valence-corrected chi connectivity index (χ0v) is 13.6. The van der Waals surface area contributed by atoms with E-state index in [2.05, 4.69) is 6.92 Å². The Hall–Kier alpha value is -0.230. The van der Waals surface area contributed by atoms with Crippen molar-refractivity contribution in [3.05, 3.63) is 0 Å². The molecule has 0 amide bonds. The third kappa shape index (κ3) is 14.0. The van der Waals surface area contributed by atoms with E-state index < -0.39 is 9.84 Å². The molecule has 0 aromatic rings. The number of amidine groups is 1. The predicted molar refractivity (Wildman–Crippen MR) is 85.6 cm³/mol. The van der Waals surface area contributed by atoms with Gasteiger partial charge in [-0.1, -0.05) is 63.6 Å². The van der Waals surface area contributed by atoms with Gasteiger partial charge in [0, 0.05) is 5.75 Å². The van der Waals surface area contributed by atoms with Crippen LogP contribution in [0.1, 0.15) is 58.3 Å². The second kappa shape index (κ2) is 11.6. The van der Waals surface area contributed by atoms with Crippen LogP contribution in [0.5, 0.6) is 0 Å². The average Bonchev–Trinajstić information content (AvgIpc) is 2.31. The zero-order chi connectivity index (χ0) is 14.6. The Balaban J connectivity index is 3.45. The summed E-state index contributed by atoms with van der Waals surface area (Å²) < 4.78 is 23.3. The molecule has 0 rings (SSSR count). The van der Waals surface area contributed by atoms with E-state index >= 15 is 0 Å². The van der Waals surface area contributed by atoms with Gasteiger partial charge in [-0.25, -0.2) is 8.42 Å². The molecule has 6 heteroatoms. The van der Waals surface area contributed by atoms with Crippen LogP contribution >= 0.6 is 11.8 Å². The van der Waals surface area contributed by atoms with Crippen molar-refractivity contribution >= 4 is 26.8 Å². The van der Waals surface area contributed by atoms with E-state index in [1.807, 2.05) is 0 Å². The molecule has 114 valence electrons. The van der Waals surface area contributed by atoms with Gasteiger partial charge >= 0.3 is 0 Å². The monoisotopic (exact) mass is 308 g/mol. The van der Waals surface area contributed by atoms with E-state index in [0.29, 0.717) is 5.75 Å². The first-order valence-corrected chi connectivity index (χ1v) is 9.96. The molecule has 0 bridgehead atoms. The lowest BCUT2D eigenvalue weighted by atomic mass is 10.1. The summed E-state index contributed by atoms with van der Waals surface area (Å²) in [5, 5.41) is 7.00. The van der Waals surface area contributed by atoms with E-state index in [4.69, 9.17) is 11.1 Å². The van der Waals surface area contributed by atoms with Crippen LogP contribution in [-0.2, 0) is 9.84 Å². The van der Waals surface area contributed by atoms with Gasteiger partial charge < -0.3 is 5.73 Å². The van der Waals surface area contributed by atoms with Crippen LogP contribution in [0.3, 0.4) is 0 Å². The van der Waals surface area contributed by atoms with Crippen LogP contribution in [0.15, 0.2) is 0 Å². The number of nitrogens with one attached hydrogen (secondary N) is 1. The predicted octanol–water partition coefficient (Wildman–Crippen LogP) is 3.17. The molecule has 0 radical (unpaired) electrons. The fraction of sp³-hybridized carbons (Fsp3) is 0.923. The number of hydrogen-bond donors (Lipinski definition) is 2. The van der Waals surface area contributed by atoms with Crippen molar-refractivity contribution in [3.63, 3.8) is 0 Å². The van der Waals surface area contributed by atoms with Crippen molar-refractivity contribution < 1.29 is 8.42 Å². The maximum absolute atomic E-state index is 11.7. The van der Waals surface area contributed by atoms with Gasteiger partial charge in [-0.2, -0.15) is 0 Å². The highest BCUT2D eigenvalue weighted by Gasteiger charge is 2.10. The maximum atomic E-state index is 11.7. The van der Waals surface area contributed by atoms with Crippen molar-refractivity contribution in [1.82, 2.24) is 0 Å². The summed E-state index contributed by atoms with van der Waals surface area (Å²) in [5.41, 5.74) is 5.16. The van der Waals surface area contributed by atoms with Crippen molar-refractivity contribution in [3.8, 4) is 0 Å². The minimum atomic E-state index is -2.95. The van der Waals surface area contributed by atoms with Gasteiger partial charge in [0.1, 0.15) is 0 Å². The number of thioether (sulfide) groups is 1. The standard InChI is InChI=1S/C13H28N2O2S2/c1-2-3-4-5-6-7-8-9-11-19(16,17)12-10-18-13(14)15/h2-12H2,1H3,(H3,14,15). The Morgan fingerprint density at radius 1 is 1.00 bits per heavy atom. The van der Waals surface area contributed by atoms with E-state index in [9.17, 15) is 8.42 Å². The molecule has 0 spiro atoms. The molecule has 0 aromatic heterocycles. The number of rotatable bonds is 12. The number of nitrogens with two attached hydrogens (primary N) is 1. The SMILES string of the molecule is CCCCCCCCCCS(=O)(=O)CCSC(=N)N. The third-order valence-corrected chi connectivity index (χ3v) is 5.68. The van der Waals surface area contributed by atoms with Gasteiger partial charge in [0.05, 0.1) is 11.5 Å². The fourth-order valence-electron chi connectivity index (χ4n) is 1.84. The summed E-state index contributed by atoms with van der Waals surface area (Å²) >= 11 is 1.09. The van der Waals surface area contributed by atoms with Crippen LogP contribution in [0, 0.1) is 5.41 Å². The molecular weight excluding hydrogens is 280 g/mol. The Kier molecular flexibility index (Phi) is 11.4. The molecule has 0 aliphatic carbocycles. The summed E-state index contributed by atoms with van der Waals surface area (Å²) in [6, 6.07) is 0. The molecule has 0 saturated heterocycles. The molecule has 0 aliphatic heterocycles. The lowest BCUT2D eigenvalue weighted by Crippen LogP contribution is -2.15. The molecule has 19 heavy (non-hydrogen) atoms. The topological polar surface area (TPSA) is 84.0 Å². The Bertz CT molecular complexity index is 330. The highest BCUT2D eigenvalue weighted by atomic mass is 32.2. The first-order valence-electron chi connectivity index (χ1n) is 7.15. The third-order valence-electron chi connectivity index (χ3n) is 2.96. The number of unbranched alkanes of at least 4 members (excludes halogenated alkanes) is 7. The zero-order valence-electron chi connectivity index (χ0n) is 12.0. The van der Waals surface area contributed by atoms with Crippen molar-refractivity contribution in [2.75, 3.05) is 17.3 Å². The molecule has 3 N–H and O–H groups in total. The van der Waals surface area contributed by atoms with Crippen LogP contribution in [-0.4, -0.2) is 30.8 Å². The highest BCUT2D eigenvalue weighted by molar-refractivity contribution is 8.14. The Morgan fingerprint density at radius 2 is 1.53 bits per heavy atom. The van der Waals surface area contributed by atoms with E-state index in [0.717, 1.165) is 31.0 Å². The maximum Gasteiger partial charge on any atom is 0.151 e. The fourth-order valence-corrected chi connectivity index (χ4v) is 4.25. The minimum absolute atomic E-state index is 0.0118. The first-order chi connectivity index (χ1) is 8.98. The first kappa shape index (κ1) is 18.8. The lowest BCUT2D eigenvalue weighted by molar-refractivity contribution is 0.573.